The molecule has 2 heterocycles. The predicted molar refractivity (Wildman–Crippen MR) is 79.1 cm³/mol. The molecule has 0 bridgehead atoms. The third-order valence-corrected chi connectivity index (χ3v) is 4.23. The maximum absolute atomic E-state index is 12.4. The molecule has 0 radical (unpaired) electrons. The van der Waals surface area contributed by atoms with Crippen molar-refractivity contribution in [3.05, 3.63) is 28.5 Å². The largest absolute Gasteiger partial charge is 0.335 e. The van der Waals surface area contributed by atoms with E-state index in [1.54, 1.807) is 17.2 Å². The number of nitriles is 1. The molecule has 1 aliphatic rings. The van der Waals surface area contributed by atoms with Crippen molar-refractivity contribution < 1.29 is 4.79 Å². The van der Waals surface area contributed by atoms with Crippen molar-refractivity contribution in [1.29, 1.82) is 5.26 Å². The van der Waals surface area contributed by atoms with Gasteiger partial charge in [0.05, 0.1) is 6.07 Å². The maximum Gasteiger partial charge on any atom is 0.273 e. The van der Waals surface area contributed by atoms with E-state index in [0.717, 1.165) is 0 Å². The number of amides is 1. The van der Waals surface area contributed by atoms with Gasteiger partial charge in [0.15, 0.2) is 0 Å². The molecular weight excluding hydrogens is 320 g/mol. The van der Waals surface area contributed by atoms with Gasteiger partial charge in [0.25, 0.3) is 5.91 Å². The highest BCUT2D eigenvalue weighted by atomic mass is 79.9. The van der Waals surface area contributed by atoms with E-state index in [0.29, 0.717) is 36.3 Å². The number of rotatable bonds is 2. The summed E-state index contributed by atoms with van der Waals surface area (Å²) in [6, 6.07) is 5.90. The summed E-state index contributed by atoms with van der Waals surface area (Å²) in [5.41, 5.74) is -0.0405. The second-order valence-electron chi connectivity index (χ2n) is 5.28. The second-order valence-corrected chi connectivity index (χ2v) is 6.14. The van der Waals surface area contributed by atoms with Gasteiger partial charge in [0.2, 0.25) is 0 Å². The molecule has 0 atom stereocenters. The van der Waals surface area contributed by atoms with Gasteiger partial charge >= 0.3 is 0 Å². The summed E-state index contributed by atoms with van der Waals surface area (Å²) in [7, 11) is 0. The summed E-state index contributed by atoms with van der Waals surface area (Å²) in [5, 5.41) is 9.15. The summed E-state index contributed by atoms with van der Waals surface area (Å²) in [6.45, 7) is 6.45. The molecule has 20 heavy (non-hydrogen) atoms. The Hall–Kier alpha value is -1.45. The SMILES string of the molecule is CC(C)(C#N)N1CCN(C(=O)c2ncccc2Br)CC1. The highest BCUT2D eigenvalue weighted by molar-refractivity contribution is 9.10. The van der Waals surface area contributed by atoms with E-state index < -0.39 is 5.54 Å². The van der Waals surface area contributed by atoms with Crippen molar-refractivity contribution in [3.8, 4) is 6.07 Å². The lowest BCUT2D eigenvalue weighted by Crippen LogP contribution is -2.55. The average Bonchev–Trinajstić information content (AvgIpc) is 2.47. The van der Waals surface area contributed by atoms with Gasteiger partial charge in [0, 0.05) is 36.8 Å². The second kappa shape index (κ2) is 5.90. The van der Waals surface area contributed by atoms with Crippen molar-refractivity contribution in [3.63, 3.8) is 0 Å². The number of nitrogens with zero attached hydrogens (tertiary/aromatic N) is 4. The van der Waals surface area contributed by atoms with Crippen LogP contribution in [-0.2, 0) is 0 Å². The Labute approximate surface area is 127 Å². The van der Waals surface area contributed by atoms with Gasteiger partial charge < -0.3 is 4.90 Å². The van der Waals surface area contributed by atoms with E-state index in [-0.39, 0.29) is 5.91 Å². The van der Waals surface area contributed by atoms with Crippen LogP contribution in [0.5, 0.6) is 0 Å². The first-order valence-corrected chi connectivity index (χ1v) is 7.31. The fourth-order valence-corrected chi connectivity index (χ4v) is 2.66. The van der Waals surface area contributed by atoms with Crippen LogP contribution < -0.4 is 0 Å². The lowest BCUT2D eigenvalue weighted by molar-refractivity contribution is 0.0515. The Bertz CT molecular complexity index is 544. The van der Waals surface area contributed by atoms with E-state index in [4.69, 9.17) is 5.26 Å². The number of halogens is 1. The lowest BCUT2D eigenvalue weighted by Gasteiger charge is -2.40. The normalized spacial score (nSPS) is 16.8. The zero-order valence-corrected chi connectivity index (χ0v) is 13.2. The van der Waals surface area contributed by atoms with E-state index in [1.165, 1.54) is 0 Å². The van der Waals surface area contributed by atoms with Gasteiger partial charge in [-0.1, -0.05) is 0 Å². The van der Waals surface area contributed by atoms with Crippen LogP contribution in [0.25, 0.3) is 0 Å². The van der Waals surface area contributed by atoms with Gasteiger partial charge in [-0.05, 0) is 41.9 Å². The van der Waals surface area contributed by atoms with Crippen LogP contribution in [0.2, 0.25) is 0 Å². The number of aromatic nitrogens is 1. The molecule has 6 heteroatoms. The predicted octanol–water partition coefficient (Wildman–Crippen LogP) is 1.90. The van der Waals surface area contributed by atoms with Gasteiger partial charge in [-0.15, -0.1) is 0 Å². The minimum absolute atomic E-state index is 0.0631. The van der Waals surface area contributed by atoms with Gasteiger partial charge in [0.1, 0.15) is 11.2 Å². The van der Waals surface area contributed by atoms with Crippen molar-refractivity contribution in [1.82, 2.24) is 14.8 Å². The van der Waals surface area contributed by atoms with Crippen LogP contribution in [0.1, 0.15) is 24.3 Å². The highest BCUT2D eigenvalue weighted by Gasteiger charge is 2.31. The van der Waals surface area contributed by atoms with Crippen molar-refractivity contribution in [2.24, 2.45) is 0 Å². The summed E-state index contributed by atoms with van der Waals surface area (Å²) in [5.74, 6) is -0.0631. The third kappa shape index (κ3) is 3.00. The average molecular weight is 337 g/mol. The maximum atomic E-state index is 12.4. The molecule has 0 N–H and O–H groups in total. The first-order valence-electron chi connectivity index (χ1n) is 6.52. The smallest absolute Gasteiger partial charge is 0.273 e. The van der Waals surface area contributed by atoms with Crippen LogP contribution in [0.15, 0.2) is 22.8 Å². The third-order valence-electron chi connectivity index (χ3n) is 3.59. The quantitative estimate of drug-likeness (QED) is 0.827. The zero-order valence-electron chi connectivity index (χ0n) is 11.6. The van der Waals surface area contributed by atoms with E-state index in [9.17, 15) is 4.79 Å². The Morgan fingerprint density at radius 1 is 1.40 bits per heavy atom. The van der Waals surface area contributed by atoms with Crippen LogP contribution in [0.4, 0.5) is 0 Å². The number of carbonyl (C=O) groups excluding carboxylic acids is 1. The molecule has 0 aliphatic carbocycles. The Morgan fingerprint density at radius 3 is 2.60 bits per heavy atom. The van der Waals surface area contributed by atoms with Crippen LogP contribution >= 0.6 is 15.9 Å². The molecule has 1 fully saturated rings. The Kier molecular flexibility index (Phi) is 4.41. The summed E-state index contributed by atoms with van der Waals surface area (Å²) >= 11 is 3.35. The van der Waals surface area contributed by atoms with Crippen LogP contribution in [-0.4, -0.2) is 52.4 Å². The molecule has 1 saturated heterocycles. The topological polar surface area (TPSA) is 60.2 Å². The summed E-state index contributed by atoms with van der Waals surface area (Å²) < 4.78 is 0.713. The molecule has 1 aliphatic heterocycles. The zero-order chi connectivity index (χ0) is 14.8. The molecule has 2 rings (SSSR count). The number of pyridine rings is 1. The molecule has 0 aromatic carbocycles. The van der Waals surface area contributed by atoms with Gasteiger partial charge in [-0.3, -0.25) is 9.69 Å². The monoisotopic (exact) mass is 336 g/mol. The van der Waals surface area contributed by atoms with E-state index in [1.807, 2.05) is 19.9 Å². The number of carbonyl (C=O) groups is 1. The molecule has 1 aromatic heterocycles. The molecule has 0 unspecified atom stereocenters. The molecule has 1 amide bonds. The number of hydrogen-bond donors (Lipinski definition) is 0. The molecule has 0 spiro atoms. The fourth-order valence-electron chi connectivity index (χ4n) is 2.23. The lowest BCUT2D eigenvalue weighted by atomic mass is 10.0. The van der Waals surface area contributed by atoms with E-state index >= 15 is 0 Å². The molecule has 0 saturated carbocycles. The molecule has 1 aromatic rings. The van der Waals surface area contributed by atoms with Gasteiger partial charge in [-0.2, -0.15) is 5.26 Å². The summed E-state index contributed by atoms with van der Waals surface area (Å²) in [6.07, 6.45) is 1.62. The van der Waals surface area contributed by atoms with Crippen molar-refractivity contribution in [2.75, 3.05) is 26.2 Å². The number of hydrogen-bond acceptors (Lipinski definition) is 4. The van der Waals surface area contributed by atoms with Gasteiger partial charge in [-0.25, -0.2) is 4.98 Å². The minimum Gasteiger partial charge on any atom is -0.335 e. The first-order chi connectivity index (χ1) is 9.45. The van der Waals surface area contributed by atoms with E-state index in [2.05, 4.69) is 31.9 Å². The van der Waals surface area contributed by atoms with Crippen molar-refractivity contribution >= 4 is 21.8 Å². The Morgan fingerprint density at radius 2 is 2.05 bits per heavy atom. The van der Waals surface area contributed by atoms with Crippen LogP contribution in [0.3, 0.4) is 0 Å². The Balaban J connectivity index is 2.03. The number of piperazine rings is 1. The van der Waals surface area contributed by atoms with Crippen LogP contribution in [0, 0.1) is 11.3 Å². The minimum atomic E-state index is -0.485. The first kappa shape index (κ1) is 14.9. The molecule has 106 valence electrons. The molecule has 5 nitrogen and oxygen atoms in total. The highest BCUT2D eigenvalue weighted by Crippen LogP contribution is 2.19. The standard InChI is InChI=1S/C14H17BrN4O/c1-14(2,10-16)19-8-6-18(7-9-19)13(20)12-11(15)4-3-5-17-12/h3-5H,6-9H2,1-2H3. The molecular formula is C14H17BrN4O. The van der Waals surface area contributed by atoms with Crippen molar-refractivity contribution in [2.45, 2.75) is 19.4 Å². The fraction of sp³-hybridized carbons (Fsp3) is 0.500. The summed E-state index contributed by atoms with van der Waals surface area (Å²) in [4.78, 5) is 20.4.